The minimum absolute atomic E-state index is 0.523. The molecule has 0 fully saturated rings. The minimum Gasteiger partial charge on any atom is -0.491 e. The first kappa shape index (κ1) is 43.6. The van der Waals surface area contributed by atoms with Gasteiger partial charge in [0.25, 0.3) is 0 Å². The molecule has 0 heterocycles. The van der Waals surface area contributed by atoms with Crippen molar-refractivity contribution in [3.8, 4) is 5.75 Å². The summed E-state index contributed by atoms with van der Waals surface area (Å²) in [6, 6.07) is 8.44. The number of hydrogen-bond donors (Lipinski definition) is 0. The summed E-state index contributed by atoms with van der Waals surface area (Å²) in [5.41, 5.74) is 1.38. The van der Waals surface area contributed by atoms with Gasteiger partial charge in [0.15, 0.2) is 0 Å². The second-order valence-electron chi connectivity index (χ2n) is 11.3. The fourth-order valence-electron chi connectivity index (χ4n) is 4.19. The van der Waals surface area contributed by atoms with Crippen molar-refractivity contribution in [1.82, 2.24) is 4.90 Å². The molecule has 276 valence electrons. The minimum atomic E-state index is 0.523. The molecule has 11 heteroatoms. The molecule has 0 N–H and O–H groups in total. The molecule has 0 saturated heterocycles. The van der Waals surface area contributed by atoms with Gasteiger partial charge >= 0.3 is 0 Å². The van der Waals surface area contributed by atoms with Gasteiger partial charge < -0.3 is 52.3 Å². The van der Waals surface area contributed by atoms with Crippen LogP contribution in [0.15, 0.2) is 24.3 Å². The molecule has 1 aromatic rings. The van der Waals surface area contributed by atoms with E-state index >= 15 is 0 Å². The van der Waals surface area contributed by atoms with Crippen molar-refractivity contribution in [2.24, 2.45) is 0 Å². The first-order chi connectivity index (χ1) is 23.2. The van der Waals surface area contributed by atoms with Gasteiger partial charge in [0.05, 0.1) is 119 Å². The summed E-state index contributed by atoms with van der Waals surface area (Å²) in [6.45, 7) is 13.6. The zero-order valence-electron chi connectivity index (χ0n) is 29.9. The maximum Gasteiger partial charge on any atom is 0.119 e. The van der Waals surface area contributed by atoms with Crippen LogP contribution in [0.3, 0.4) is 0 Å². The van der Waals surface area contributed by atoms with Crippen molar-refractivity contribution >= 4 is 0 Å². The number of benzene rings is 1. The predicted molar refractivity (Wildman–Crippen MR) is 185 cm³/mol. The third-order valence-corrected chi connectivity index (χ3v) is 6.90. The van der Waals surface area contributed by atoms with Crippen molar-refractivity contribution in [1.29, 1.82) is 0 Å². The molecule has 0 aromatic heterocycles. The Labute approximate surface area is 285 Å². The summed E-state index contributed by atoms with van der Waals surface area (Å²) in [6.07, 6.45) is 9.10. The Balaban J connectivity index is 1.70. The fourth-order valence-corrected chi connectivity index (χ4v) is 4.19. The summed E-state index contributed by atoms with van der Waals surface area (Å²) >= 11 is 0. The van der Waals surface area contributed by atoms with Crippen LogP contribution in [0, 0.1) is 0 Å². The summed E-state index contributed by atoms with van der Waals surface area (Å²) in [5, 5.41) is 0. The second kappa shape index (κ2) is 35.9. The number of rotatable bonds is 38. The normalized spacial score (nSPS) is 11.6. The van der Waals surface area contributed by atoms with E-state index in [0.717, 1.165) is 25.3 Å². The third-order valence-electron chi connectivity index (χ3n) is 6.90. The molecule has 1 aromatic carbocycles. The quantitative estimate of drug-likeness (QED) is 0.0917. The van der Waals surface area contributed by atoms with Gasteiger partial charge in [-0.25, -0.2) is 0 Å². The second-order valence-corrected chi connectivity index (χ2v) is 11.3. The number of ether oxygens (including phenoxy) is 10. The summed E-state index contributed by atoms with van der Waals surface area (Å²) in [7, 11) is 4.05. The van der Waals surface area contributed by atoms with Crippen LogP contribution >= 0.6 is 0 Å². The zero-order valence-corrected chi connectivity index (χ0v) is 29.9. The molecule has 0 amide bonds. The van der Waals surface area contributed by atoms with Crippen LogP contribution in [-0.2, 0) is 49.1 Å². The summed E-state index contributed by atoms with van der Waals surface area (Å²) < 4.78 is 55.3. The van der Waals surface area contributed by atoms with Gasteiger partial charge in [0, 0.05) is 6.54 Å². The standard InChI is InChI=1S/C36H67NO10/c1-4-5-6-7-8-9-10-35-11-13-36(14-12-35)47-34-33-46-32-31-45-30-29-44-28-27-43-26-25-42-24-23-41-22-21-40-20-19-39-18-17-38-16-15-37(2)3/h11-14H,4-10,15-34H2,1-3H3. The van der Waals surface area contributed by atoms with E-state index in [4.69, 9.17) is 47.4 Å². The molecule has 0 aliphatic heterocycles. The van der Waals surface area contributed by atoms with Crippen molar-refractivity contribution in [3.63, 3.8) is 0 Å². The van der Waals surface area contributed by atoms with Gasteiger partial charge in [-0.05, 0) is 44.6 Å². The van der Waals surface area contributed by atoms with Crippen LogP contribution in [0.1, 0.15) is 51.0 Å². The molecular formula is C36H67NO10. The van der Waals surface area contributed by atoms with E-state index in [0.29, 0.717) is 119 Å². The third kappa shape index (κ3) is 32.9. The van der Waals surface area contributed by atoms with Gasteiger partial charge in [-0.15, -0.1) is 0 Å². The number of aryl methyl sites for hydroxylation is 1. The average Bonchev–Trinajstić information content (AvgIpc) is 3.07. The van der Waals surface area contributed by atoms with Crippen LogP contribution in [0.4, 0.5) is 0 Å². The van der Waals surface area contributed by atoms with E-state index in [9.17, 15) is 0 Å². The Morgan fingerprint density at radius 2 is 0.745 bits per heavy atom. The Hall–Kier alpha value is -1.38. The maximum absolute atomic E-state index is 5.77. The lowest BCUT2D eigenvalue weighted by Gasteiger charge is -2.10. The highest BCUT2D eigenvalue weighted by molar-refractivity contribution is 5.27. The maximum atomic E-state index is 5.77. The van der Waals surface area contributed by atoms with Gasteiger partial charge in [-0.1, -0.05) is 51.2 Å². The molecule has 0 spiro atoms. The summed E-state index contributed by atoms with van der Waals surface area (Å²) in [5.74, 6) is 0.888. The molecular weight excluding hydrogens is 606 g/mol. The van der Waals surface area contributed by atoms with Crippen molar-refractivity contribution < 1.29 is 47.4 Å². The highest BCUT2D eigenvalue weighted by atomic mass is 16.6. The van der Waals surface area contributed by atoms with E-state index in [1.165, 1.54) is 44.1 Å². The lowest BCUT2D eigenvalue weighted by atomic mass is 10.0. The van der Waals surface area contributed by atoms with E-state index in [-0.39, 0.29) is 0 Å². The molecule has 1 rings (SSSR count). The van der Waals surface area contributed by atoms with Gasteiger partial charge in [0.1, 0.15) is 12.4 Å². The fraction of sp³-hybridized carbons (Fsp3) is 0.833. The van der Waals surface area contributed by atoms with Crippen LogP contribution in [0.25, 0.3) is 0 Å². The Morgan fingerprint density at radius 3 is 1.13 bits per heavy atom. The van der Waals surface area contributed by atoms with Crippen LogP contribution in [-0.4, -0.2) is 151 Å². The lowest BCUT2D eigenvalue weighted by Crippen LogP contribution is -2.19. The molecule has 0 aliphatic rings. The zero-order chi connectivity index (χ0) is 33.7. The number of nitrogens with zero attached hydrogens (tertiary/aromatic N) is 1. The van der Waals surface area contributed by atoms with Gasteiger partial charge in [-0.2, -0.15) is 0 Å². The van der Waals surface area contributed by atoms with Gasteiger partial charge in [0.2, 0.25) is 0 Å². The largest absolute Gasteiger partial charge is 0.491 e. The van der Waals surface area contributed by atoms with E-state index in [2.05, 4.69) is 36.1 Å². The predicted octanol–water partition coefficient (Wildman–Crippen LogP) is 4.68. The molecule has 11 nitrogen and oxygen atoms in total. The van der Waals surface area contributed by atoms with Crippen molar-refractivity contribution in [2.45, 2.75) is 51.9 Å². The van der Waals surface area contributed by atoms with Crippen LogP contribution < -0.4 is 4.74 Å². The highest BCUT2D eigenvalue weighted by Gasteiger charge is 1.99. The number of unbranched alkanes of at least 4 members (excludes halogenated alkanes) is 5. The molecule has 0 radical (unpaired) electrons. The van der Waals surface area contributed by atoms with Crippen LogP contribution in [0.5, 0.6) is 5.75 Å². The molecule has 0 saturated carbocycles. The van der Waals surface area contributed by atoms with E-state index in [1.807, 2.05) is 14.1 Å². The van der Waals surface area contributed by atoms with Crippen molar-refractivity contribution in [3.05, 3.63) is 29.8 Å². The topological polar surface area (TPSA) is 95.5 Å². The first-order valence-corrected chi connectivity index (χ1v) is 17.8. The summed E-state index contributed by atoms with van der Waals surface area (Å²) in [4.78, 5) is 2.09. The molecule has 47 heavy (non-hydrogen) atoms. The van der Waals surface area contributed by atoms with E-state index in [1.54, 1.807) is 0 Å². The lowest BCUT2D eigenvalue weighted by molar-refractivity contribution is -0.0255. The average molecular weight is 674 g/mol. The molecule has 0 aliphatic carbocycles. The van der Waals surface area contributed by atoms with Gasteiger partial charge in [-0.3, -0.25) is 0 Å². The molecule has 0 bridgehead atoms. The van der Waals surface area contributed by atoms with E-state index < -0.39 is 0 Å². The number of hydrogen-bond acceptors (Lipinski definition) is 11. The Kier molecular flexibility index (Phi) is 33.3. The van der Waals surface area contributed by atoms with Crippen LogP contribution in [0.2, 0.25) is 0 Å². The van der Waals surface area contributed by atoms with Crippen molar-refractivity contribution in [2.75, 3.05) is 146 Å². The highest BCUT2D eigenvalue weighted by Crippen LogP contribution is 2.15. The molecule has 0 unspecified atom stereocenters. The number of likely N-dealkylation sites (N-methyl/N-ethyl adjacent to an activating group) is 1. The first-order valence-electron chi connectivity index (χ1n) is 17.8. The SMILES string of the molecule is CCCCCCCCc1ccc(OCCOCCOCCOCCOCCOCCOCCOCCOCCOCCN(C)C)cc1. The Morgan fingerprint density at radius 1 is 0.404 bits per heavy atom. The molecule has 0 atom stereocenters. The Bertz CT molecular complexity index is 741. The smallest absolute Gasteiger partial charge is 0.119 e. The monoisotopic (exact) mass is 673 g/mol.